The van der Waals surface area contributed by atoms with Gasteiger partial charge in [-0.1, -0.05) is 12.1 Å². The molecule has 1 aliphatic rings. The van der Waals surface area contributed by atoms with Crippen LogP contribution in [-0.2, 0) is 14.8 Å². The third kappa shape index (κ3) is 4.45. The molecule has 0 aliphatic carbocycles. The molecule has 2 aromatic rings. The van der Waals surface area contributed by atoms with Crippen molar-refractivity contribution in [3.8, 4) is 0 Å². The summed E-state index contributed by atoms with van der Waals surface area (Å²) in [5, 5.41) is 0. The molecule has 1 aliphatic heterocycles. The number of amides is 1. The molecule has 0 radical (unpaired) electrons. The van der Waals surface area contributed by atoms with Crippen molar-refractivity contribution >= 4 is 21.6 Å². The Hall–Kier alpha value is -2.45. The molecule has 6 nitrogen and oxygen atoms in total. The van der Waals surface area contributed by atoms with Crippen molar-refractivity contribution in [3.05, 3.63) is 59.9 Å². The van der Waals surface area contributed by atoms with Gasteiger partial charge in [-0.25, -0.2) is 12.8 Å². The molecule has 2 aromatic carbocycles. The summed E-state index contributed by atoms with van der Waals surface area (Å²) in [6.45, 7) is 4.77. The number of morpholine rings is 1. The number of para-hydroxylation sites is 1. The van der Waals surface area contributed by atoms with Crippen LogP contribution in [0, 0.1) is 5.82 Å². The van der Waals surface area contributed by atoms with E-state index in [1.165, 1.54) is 48.5 Å². The Balaban J connectivity index is 1.76. The number of nitrogens with one attached hydrogen (secondary N) is 1. The van der Waals surface area contributed by atoms with Crippen LogP contribution in [0.5, 0.6) is 0 Å². The van der Waals surface area contributed by atoms with Crippen LogP contribution in [0.15, 0.2) is 53.4 Å². The molecule has 3 rings (SSSR count). The molecule has 0 unspecified atom stereocenters. The molecule has 27 heavy (non-hydrogen) atoms. The molecule has 1 fully saturated rings. The summed E-state index contributed by atoms with van der Waals surface area (Å²) in [6.07, 6.45) is -0.107. The van der Waals surface area contributed by atoms with Crippen molar-refractivity contribution < 1.29 is 22.3 Å². The van der Waals surface area contributed by atoms with Crippen LogP contribution in [-0.4, -0.2) is 44.5 Å². The number of carbonyl (C=O) groups is 1. The lowest BCUT2D eigenvalue weighted by Crippen LogP contribution is -2.48. The molecular weight excluding hydrogens is 371 g/mol. The highest BCUT2D eigenvalue weighted by atomic mass is 32.2. The van der Waals surface area contributed by atoms with E-state index in [0.717, 1.165) is 0 Å². The van der Waals surface area contributed by atoms with Crippen LogP contribution < -0.4 is 4.72 Å². The molecule has 0 aromatic heterocycles. The maximum Gasteiger partial charge on any atom is 0.261 e. The Morgan fingerprint density at radius 2 is 1.67 bits per heavy atom. The van der Waals surface area contributed by atoms with Gasteiger partial charge in [-0.15, -0.1) is 0 Å². The van der Waals surface area contributed by atoms with Crippen LogP contribution in [0.3, 0.4) is 0 Å². The number of carbonyl (C=O) groups excluding carboxylic acids is 1. The van der Waals surface area contributed by atoms with Crippen molar-refractivity contribution in [1.29, 1.82) is 0 Å². The number of hydrogen-bond acceptors (Lipinski definition) is 4. The Morgan fingerprint density at radius 3 is 2.26 bits per heavy atom. The second kappa shape index (κ2) is 7.66. The molecule has 1 N–H and O–H groups in total. The lowest BCUT2D eigenvalue weighted by Gasteiger charge is -2.35. The fraction of sp³-hybridized carbons (Fsp3) is 0.316. The highest BCUT2D eigenvalue weighted by Gasteiger charge is 2.27. The third-order valence-electron chi connectivity index (χ3n) is 4.24. The number of anilines is 1. The molecule has 1 heterocycles. The lowest BCUT2D eigenvalue weighted by molar-refractivity contribution is -0.0586. The van der Waals surface area contributed by atoms with Gasteiger partial charge in [0.1, 0.15) is 5.82 Å². The number of benzene rings is 2. The van der Waals surface area contributed by atoms with Crippen molar-refractivity contribution in [2.75, 3.05) is 17.8 Å². The fourth-order valence-electron chi connectivity index (χ4n) is 3.05. The van der Waals surface area contributed by atoms with E-state index in [-0.39, 0.29) is 28.7 Å². The van der Waals surface area contributed by atoms with Gasteiger partial charge < -0.3 is 9.64 Å². The summed E-state index contributed by atoms with van der Waals surface area (Å²) in [6, 6.07) is 11.1. The smallest absolute Gasteiger partial charge is 0.261 e. The van der Waals surface area contributed by atoms with E-state index in [4.69, 9.17) is 4.74 Å². The molecule has 144 valence electrons. The molecule has 1 saturated heterocycles. The molecule has 1 amide bonds. The average molecular weight is 392 g/mol. The predicted octanol–water partition coefficient (Wildman–Crippen LogP) is 2.88. The second-order valence-corrected chi connectivity index (χ2v) is 8.26. The van der Waals surface area contributed by atoms with Crippen LogP contribution in [0.25, 0.3) is 0 Å². The zero-order valence-corrected chi connectivity index (χ0v) is 15.9. The van der Waals surface area contributed by atoms with Gasteiger partial charge in [-0.3, -0.25) is 9.52 Å². The second-order valence-electron chi connectivity index (χ2n) is 6.58. The van der Waals surface area contributed by atoms with Gasteiger partial charge in [-0.2, -0.15) is 0 Å². The summed E-state index contributed by atoms with van der Waals surface area (Å²) in [4.78, 5) is 14.3. The summed E-state index contributed by atoms with van der Waals surface area (Å²) >= 11 is 0. The van der Waals surface area contributed by atoms with Gasteiger partial charge in [0.05, 0.1) is 22.8 Å². The van der Waals surface area contributed by atoms with E-state index < -0.39 is 15.8 Å². The van der Waals surface area contributed by atoms with E-state index in [9.17, 15) is 17.6 Å². The maximum atomic E-state index is 13.7. The highest BCUT2D eigenvalue weighted by Crippen LogP contribution is 2.20. The molecule has 0 saturated carbocycles. The van der Waals surface area contributed by atoms with Crippen LogP contribution >= 0.6 is 0 Å². The number of sulfonamides is 1. The normalized spacial score (nSPS) is 20.3. The maximum absolute atomic E-state index is 13.7. The Kier molecular flexibility index (Phi) is 5.48. The Bertz CT molecular complexity index is 921. The van der Waals surface area contributed by atoms with Crippen LogP contribution in [0.4, 0.5) is 10.1 Å². The van der Waals surface area contributed by atoms with Crippen molar-refractivity contribution in [2.24, 2.45) is 0 Å². The van der Waals surface area contributed by atoms with E-state index in [2.05, 4.69) is 4.72 Å². The molecular formula is C19H21FN2O4S. The molecule has 8 heteroatoms. The third-order valence-corrected chi connectivity index (χ3v) is 5.62. The summed E-state index contributed by atoms with van der Waals surface area (Å²) in [7, 11) is -3.96. The number of halogens is 1. The summed E-state index contributed by atoms with van der Waals surface area (Å²) in [5.41, 5.74) is 0.259. The zero-order valence-electron chi connectivity index (χ0n) is 15.1. The van der Waals surface area contributed by atoms with Gasteiger partial charge in [0.2, 0.25) is 0 Å². The van der Waals surface area contributed by atoms with Crippen LogP contribution in [0.1, 0.15) is 24.2 Å². The minimum atomic E-state index is -3.96. The quantitative estimate of drug-likeness (QED) is 0.868. The highest BCUT2D eigenvalue weighted by molar-refractivity contribution is 7.92. The first-order chi connectivity index (χ1) is 12.8. The van der Waals surface area contributed by atoms with E-state index >= 15 is 0 Å². The molecule has 0 bridgehead atoms. The number of nitrogens with zero attached hydrogens (tertiary/aromatic N) is 1. The topological polar surface area (TPSA) is 75.7 Å². The van der Waals surface area contributed by atoms with Crippen molar-refractivity contribution in [1.82, 2.24) is 4.90 Å². The summed E-state index contributed by atoms with van der Waals surface area (Å²) in [5.74, 6) is -0.841. The monoisotopic (exact) mass is 392 g/mol. The fourth-order valence-corrected chi connectivity index (χ4v) is 4.12. The van der Waals surface area contributed by atoms with E-state index in [1.807, 2.05) is 13.8 Å². The zero-order chi connectivity index (χ0) is 19.6. The Morgan fingerprint density at radius 1 is 1.07 bits per heavy atom. The van der Waals surface area contributed by atoms with Gasteiger partial charge in [-0.05, 0) is 50.2 Å². The molecule has 2 atom stereocenters. The van der Waals surface area contributed by atoms with Crippen LogP contribution in [0.2, 0.25) is 0 Å². The first-order valence-corrected chi connectivity index (χ1v) is 10.1. The van der Waals surface area contributed by atoms with Gasteiger partial charge in [0.15, 0.2) is 0 Å². The average Bonchev–Trinajstić information content (AvgIpc) is 2.62. The van der Waals surface area contributed by atoms with Gasteiger partial charge in [0, 0.05) is 18.7 Å². The SMILES string of the molecule is C[C@@H]1CN(C(=O)c2ccc(S(=O)(=O)Nc3ccccc3F)cc2)C[C@@H](C)O1. The predicted molar refractivity (Wildman–Crippen MR) is 99.6 cm³/mol. The van der Waals surface area contributed by atoms with Gasteiger partial charge in [0.25, 0.3) is 15.9 Å². The van der Waals surface area contributed by atoms with Crippen molar-refractivity contribution in [3.63, 3.8) is 0 Å². The van der Waals surface area contributed by atoms with Crippen molar-refractivity contribution in [2.45, 2.75) is 31.0 Å². The first-order valence-electron chi connectivity index (χ1n) is 8.58. The number of ether oxygens (including phenoxy) is 1. The molecule has 0 spiro atoms. The lowest BCUT2D eigenvalue weighted by atomic mass is 10.1. The Labute approximate surface area is 158 Å². The van der Waals surface area contributed by atoms with E-state index in [1.54, 1.807) is 4.90 Å². The standard InChI is InChI=1S/C19H21FN2O4S/c1-13-11-22(12-14(2)26-13)19(23)15-7-9-16(10-8-15)27(24,25)21-18-6-4-3-5-17(18)20/h3-10,13-14,21H,11-12H2,1-2H3/t13-,14-/m1/s1. The summed E-state index contributed by atoms with van der Waals surface area (Å²) < 4.78 is 46.4. The minimum absolute atomic E-state index is 0.0500. The largest absolute Gasteiger partial charge is 0.372 e. The number of hydrogen-bond donors (Lipinski definition) is 1. The van der Waals surface area contributed by atoms with E-state index in [0.29, 0.717) is 18.7 Å². The van der Waals surface area contributed by atoms with Gasteiger partial charge >= 0.3 is 0 Å². The number of rotatable bonds is 4. The minimum Gasteiger partial charge on any atom is -0.372 e. The first kappa shape index (κ1) is 19.3.